The Kier molecular flexibility index (Phi) is 4.68. The third-order valence-electron chi connectivity index (χ3n) is 2.61. The van der Waals surface area contributed by atoms with Crippen molar-refractivity contribution in [3.8, 4) is 0 Å². The van der Waals surface area contributed by atoms with Crippen LogP contribution in [0.3, 0.4) is 0 Å². The third-order valence-corrected chi connectivity index (χ3v) is 4.18. The maximum absolute atomic E-state index is 12.0. The van der Waals surface area contributed by atoms with Gasteiger partial charge in [-0.25, -0.2) is 13.1 Å². The van der Waals surface area contributed by atoms with E-state index in [4.69, 9.17) is 0 Å². The summed E-state index contributed by atoms with van der Waals surface area (Å²) in [6.45, 7) is 5.45. The maximum Gasteiger partial charge on any atom is 0.240 e. The lowest BCUT2D eigenvalue weighted by Gasteiger charge is -2.12. The van der Waals surface area contributed by atoms with Crippen LogP contribution in [0.5, 0.6) is 0 Å². The first-order valence-electron chi connectivity index (χ1n) is 5.61. The van der Waals surface area contributed by atoms with Gasteiger partial charge in [0.25, 0.3) is 0 Å². The van der Waals surface area contributed by atoms with Gasteiger partial charge >= 0.3 is 0 Å². The van der Waals surface area contributed by atoms with Gasteiger partial charge in [-0.2, -0.15) is 0 Å². The second kappa shape index (κ2) is 5.62. The van der Waals surface area contributed by atoms with Crippen molar-refractivity contribution in [1.29, 1.82) is 0 Å². The molecule has 0 aromatic heterocycles. The summed E-state index contributed by atoms with van der Waals surface area (Å²) in [6.07, 6.45) is -0.120. The largest absolute Gasteiger partial charge is 0.392 e. The van der Waals surface area contributed by atoms with E-state index in [1.165, 1.54) is 0 Å². The molecule has 0 aliphatic heterocycles. The van der Waals surface area contributed by atoms with Crippen LogP contribution in [0, 0.1) is 13.8 Å². The molecule has 2 N–H and O–H groups in total. The molecule has 96 valence electrons. The van der Waals surface area contributed by atoms with Gasteiger partial charge < -0.3 is 5.11 Å². The van der Waals surface area contributed by atoms with Crippen LogP contribution in [0.15, 0.2) is 23.1 Å². The third kappa shape index (κ3) is 3.80. The molecule has 0 aliphatic rings. The normalized spacial score (nSPS) is 13.6. The number of sulfonamides is 1. The van der Waals surface area contributed by atoms with Gasteiger partial charge in [-0.1, -0.05) is 19.1 Å². The molecule has 1 rings (SSSR count). The summed E-state index contributed by atoms with van der Waals surface area (Å²) in [7, 11) is -3.53. The molecule has 17 heavy (non-hydrogen) atoms. The van der Waals surface area contributed by atoms with E-state index in [0.717, 1.165) is 5.56 Å². The van der Waals surface area contributed by atoms with Gasteiger partial charge in [0.1, 0.15) is 0 Å². The molecule has 0 saturated heterocycles. The molecule has 0 radical (unpaired) electrons. The van der Waals surface area contributed by atoms with E-state index >= 15 is 0 Å². The highest BCUT2D eigenvalue weighted by Gasteiger charge is 2.17. The summed E-state index contributed by atoms with van der Waals surface area (Å²) in [4.78, 5) is 0.279. The lowest BCUT2D eigenvalue weighted by Crippen LogP contribution is -2.32. The lowest BCUT2D eigenvalue weighted by atomic mass is 10.2. The number of hydrogen-bond acceptors (Lipinski definition) is 3. The number of nitrogens with one attached hydrogen (secondary N) is 1. The Bertz CT molecular complexity index is 483. The zero-order chi connectivity index (χ0) is 13.1. The van der Waals surface area contributed by atoms with Crippen LogP contribution in [0.25, 0.3) is 0 Å². The zero-order valence-corrected chi connectivity index (χ0v) is 11.2. The van der Waals surface area contributed by atoms with Crippen LogP contribution < -0.4 is 4.72 Å². The van der Waals surface area contributed by atoms with Crippen LogP contribution in [-0.4, -0.2) is 26.2 Å². The monoisotopic (exact) mass is 257 g/mol. The van der Waals surface area contributed by atoms with Gasteiger partial charge in [0, 0.05) is 6.54 Å². The van der Waals surface area contributed by atoms with Crippen molar-refractivity contribution in [2.24, 2.45) is 0 Å². The summed E-state index contributed by atoms with van der Waals surface area (Å²) in [6, 6.07) is 5.28. The fourth-order valence-corrected chi connectivity index (χ4v) is 2.83. The minimum Gasteiger partial charge on any atom is -0.392 e. The van der Waals surface area contributed by atoms with Gasteiger partial charge in [0.2, 0.25) is 10.0 Å². The van der Waals surface area contributed by atoms with Crippen LogP contribution in [0.4, 0.5) is 0 Å². The van der Waals surface area contributed by atoms with Gasteiger partial charge in [0.05, 0.1) is 11.0 Å². The predicted octanol–water partition coefficient (Wildman–Crippen LogP) is 1.35. The average Bonchev–Trinajstić information content (AvgIpc) is 2.29. The topological polar surface area (TPSA) is 66.4 Å². The molecule has 0 saturated carbocycles. The molecule has 4 nitrogen and oxygen atoms in total. The molecule has 1 aromatic carbocycles. The highest BCUT2D eigenvalue weighted by Crippen LogP contribution is 2.16. The summed E-state index contributed by atoms with van der Waals surface area (Å²) in [5.74, 6) is 0. The van der Waals surface area contributed by atoms with Crippen LogP contribution >= 0.6 is 0 Å². The first kappa shape index (κ1) is 14.2. The van der Waals surface area contributed by atoms with Crippen molar-refractivity contribution in [3.05, 3.63) is 29.3 Å². The quantitative estimate of drug-likeness (QED) is 0.837. The van der Waals surface area contributed by atoms with E-state index in [2.05, 4.69) is 4.72 Å². The first-order chi connectivity index (χ1) is 7.86. The van der Waals surface area contributed by atoms with E-state index in [-0.39, 0.29) is 11.4 Å². The Morgan fingerprint density at radius 2 is 2.00 bits per heavy atom. The maximum atomic E-state index is 12.0. The molecular formula is C12H19NO3S. The Balaban J connectivity index is 2.93. The first-order valence-corrected chi connectivity index (χ1v) is 7.10. The molecule has 5 heteroatoms. The van der Waals surface area contributed by atoms with Crippen molar-refractivity contribution >= 4 is 10.0 Å². The molecule has 0 fully saturated rings. The molecule has 0 aliphatic carbocycles. The minimum atomic E-state index is -3.53. The van der Waals surface area contributed by atoms with E-state index in [1.54, 1.807) is 26.0 Å². The van der Waals surface area contributed by atoms with E-state index in [9.17, 15) is 13.5 Å². The van der Waals surface area contributed by atoms with Crippen molar-refractivity contribution in [1.82, 2.24) is 4.72 Å². The van der Waals surface area contributed by atoms with E-state index in [0.29, 0.717) is 12.0 Å². The minimum absolute atomic E-state index is 0.0478. The number of aliphatic hydroxyl groups excluding tert-OH is 1. The van der Waals surface area contributed by atoms with E-state index in [1.807, 2.05) is 13.0 Å². The van der Waals surface area contributed by atoms with Crippen molar-refractivity contribution in [2.45, 2.75) is 38.2 Å². The Morgan fingerprint density at radius 3 is 2.59 bits per heavy atom. The smallest absolute Gasteiger partial charge is 0.240 e. The van der Waals surface area contributed by atoms with E-state index < -0.39 is 16.1 Å². The fourth-order valence-electron chi connectivity index (χ4n) is 1.42. The van der Waals surface area contributed by atoms with Gasteiger partial charge in [-0.05, 0) is 37.5 Å². The Labute approximate surface area is 103 Å². The number of hydrogen-bond donors (Lipinski definition) is 2. The zero-order valence-electron chi connectivity index (χ0n) is 10.4. The summed E-state index contributed by atoms with van der Waals surface area (Å²) in [5, 5.41) is 9.37. The van der Waals surface area contributed by atoms with Crippen LogP contribution in [0.2, 0.25) is 0 Å². The molecule has 1 unspecified atom stereocenters. The van der Waals surface area contributed by atoms with Crippen molar-refractivity contribution < 1.29 is 13.5 Å². The standard InChI is InChI=1S/C12H19NO3S/c1-4-11(14)8-13-17(15,16)12-7-9(2)5-6-10(12)3/h5-7,11,13-14H,4,8H2,1-3H3. The fraction of sp³-hybridized carbons (Fsp3) is 0.500. The Morgan fingerprint density at radius 1 is 1.35 bits per heavy atom. The second-order valence-corrected chi connectivity index (χ2v) is 5.92. The predicted molar refractivity (Wildman–Crippen MR) is 67.4 cm³/mol. The van der Waals surface area contributed by atoms with Crippen LogP contribution in [0.1, 0.15) is 24.5 Å². The molecule has 0 amide bonds. The summed E-state index contributed by atoms with van der Waals surface area (Å²) < 4.78 is 26.4. The number of benzene rings is 1. The molecule has 1 atom stereocenters. The summed E-state index contributed by atoms with van der Waals surface area (Å²) >= 11 is 0. The lowest BCUT2D eigenvalue weighted by molar-refractivity contribution is 0.174. The number of aryl methyl sites for hydroxylation is 2. The van der Waals surface area contributed by atoms with Gasteiger partial charge in [0.15, 0.2) is 0 Å². The SMILES string of the molecule is CCC(O)CNS(=O)(=O)c1cc(C)ccc1C. The summed E-state index contributed by atoms with van der Waals surface area (Å²) in [5.41, 5.74) is 1.60. The molecule has 0 bridgehead atoms. The molecule has 0 spiro atoms. The van der Waals surface area contributed by atoms with Gasteiger partial charge in [-0.3, -0.25) is 0 Å². The molecular weight excluding hydrogens is 238 g/mol. The van der Waals surface area contributed by atoms with Crippen molar-refractivity contribution in [2.75, 3.05) is 6.54 Å². The average molecular weight is 257 g/mol. The Hall–Kier alpha value is -0.910. The second-order valence-electron chi connectivity index (χ2n) is 4.18. The van der Waals surface area contributed by atoms with Crippen LogP contribution in [-0.2, 0) is 10.0 Å². The van der Waals surface area contributed by atoms with Crippen molar-refractivity contribution in [3.63, 3.8) is 0 Å². The number of rotatable bonds is 5. The highest BCUT2D eigenvalue weighted by atomic mass is 32.2. The highest BCUT2D eigenvalue weighted by molar-refractivity contribution is 7.89. The number of aliphatic hydroxyl groups is 1. The molecule has 0 heterocycles. The van der Waals surface area contributed by atoms with Gasteiger partial charge in [-0.15, -0.1) is 0 Å². The molecule has 1 aromatic rings.